The zero-order chi connectivity index (χ0) is 19.2. The molecule has 0 saturated carbocycles. The van der Waals surface area contributed by atoms with Crippen LogP contribution < -0.4 is 20.1 Å². The summed E-state index contributed by atoms with van der Waals surface area (Å²) >= 11 is 0. The molecular weight excluding hydrogens is 328 g/mol. The highest BCUT2D eigenvalue weighted by molar-refractivity contribution is 5.79. The number of aliphatic imine (C=N–C) groups is 1. The molecule has 0 heterocycles. The number of nitrogens with one attached hydrogen (secondary N) is 2. The predicted octanol–water partition coefficient (Wildman–Crippen LogP) is 2.88. The molecule has 0 spiro atoms. The Labute approximate surface area is 159 Å². The fourth-order valence-corrected chi connectivity index (χ4v) is 2.69. The minimum Gasteiger partial charge on any atom is -0.493 e. The summed E-state index contributed by atoms with van der Waals surface area (Å²) in [7, 11) is 9.35. The van der Waals surface area contributed by atoms with Crippen LogP contribution >= 0.6 is 0 Å². The molecule has 0 radical (unpaired) electrons. The lowest BCUT2D eigenvalue weighted by atomic mass is 10.1. The number of hydrogen-bond acceptors (Lipinski definition) is 4. The summed E-state index contributed by atoms with van der Waals surface area (Å²) < 4.78 is 10.6. The third kappa shape index (κ3) is 8.94. The van der Waals surface area contributed by atoms with Crippen molar-refractivity contribution in [3.05, 3.63) is 23.8 Å². The van der Waals surface area contributed by atoms with E-state index in [1.807, 2.05) is 18.2 Å². The number of hydrogen-bond donors (Lipinski definition) is 2. The number of guanidine groups is 1. The molecule has 0 saturated heterocycles. The Balaban J connectivity index is 2.23. The topological polar surface area (TPSA) is 58.1 Å². The van der Waals surface area contributed by atoms with Crippen molar-refractivity contribution in [3.8, 4) is 11.5 Å². The molecule has 0 unspecified atom stereocenters. The van der Waals surface area contributed by atoms with Crippen molar-refractivity contribution in [2.24, 2.45) is 4.99 Å². The van der Waals surface area contributed by atoms with Crippen LogP contribution in [0, 0.1) is 0 Å². The molecule has 0 aliphatic heterocycles. The number of ether oxygens (including phenoxy) is 2. The fourth-order valence-electron chi connectivity index (χ4n) is 2.69. The van der Waals surface area contributed by atoms with Gasteiger partial charge in [0, 0.05) is 20.1 Å². The average Bonchev–Trinajstić information content (AvgIpc) is 2.65. The first-order chi connectivity index (χ1) is 12.6. The average molecular weight is 365 g/mol. The van der Waals surface area contributed by atoms with E-state index in [0.717, 1.165) is 29.6 Å². The fraction of sp³-hybridized carbons (Fsp3) is 0.650. The predicted molar refractivity (Wildman–Crippen MR) is 109 cm³/mol. The van der Waals surface area contributed by atoms with Crippen molar-refractivity contribution < 1.29 is 9.47 Å². The molecule has 6 heteroatoms. The standard InChI is InChI=1S/C20H36N4O2/c1-21-20(22-13-9-7-6-8-10-14-24(2)3)23-16-17-11-12-18(25-4)19(15-17)26-5/h11-12,15H,6-10,13-14,16H2,1-5H3,(H2,21,22,23). The third-order valence-corrected chi connectivity index (χ3v) is 4.21. The van der Waals surface area contributed by atoms with Gasteiger partial charge >= 0.3 is 0 Å². The van der Waals surface area contributed by atoms with Crippen LogP contribution in [-0.4, -0.2) is 59.3 Å². The minimum atomic E-state index is 0.685. The molecule has 1 aromatic carbocycles. The summed E-state index contributed by atoms with van der Waals surface area (Å²) in [6.45, 7) is 2.81. The van der Waals surface area contributed by atoms with Crippen molar-refractivity contribution in [3.63, 3.8) is 0 Å². The van der Waals surface area contributed by atoms with Crippen molar-refractivity contribution in [1.29, 1.82) is 0 Å². The van der Waals surface area contributed by atoms with Gasteiger partial charge < -0.3 is 25.0 Å². The van der Waals surface area contributed by atoms with E-state index in [4.69, 9.17) is 9.47 Å². The van der Waals surface area contributed by atoms with Gasteiger partial charge in [-0.3, -0.25) is 4.99 Å². The van der Waals surface area contributed by atoms with Gasteiger partial charge in [-0.1, -0.05) is 25.3 Å². The number of methoxy groups -OCH3 is 2. The normalized spacial score (nSPS) is 11.5. The van der Waals surface area contributed by atoms with Crippen LogP contribution in [-0.2, 0) is 6.54 Å². The Morgan fingerprint density at radius 3 is 2.31 bits per heavy atom. The highest BCUT2D eigenvalue weighted by Crippen LogP contribution is 2.27. The lowest BCUT2D eigenvalue weighted by molar-refractivity contribution is 0.354. The first-order valence-electron chi connectivity index (χ1n) is 9.40. The maximum Gasteiger partial charge on any atom is 0.191 e. The number of unbranched alkanes of at least 4 members (excludes halogenated alkanes) is 4. The van der Waals surface area contributed by atoms with Crippen LogP contribution in [0.15, 0.2) is 23.2 Å². The molecular formula is C20H36N4O2. The maximum absolute atomic E-state index is 5.34. The third-order valence-electron chi connectivity index (χ3n) is 4.21. The van der Waals surface area contributed by atoms with Gasteiger partial charge in [0.15, 0.2) is 17.5 Å². The highest BCUT2D eigenvalue weighted by Gasteiger charge is 2.05. The molecule has 0 bridgehead atoms. The zero-order valence-electron chi connectivity index (χ0n) is 17.1. The number of benzene rings is 1. The molecule has 0 fully saturated rings. The summed E-state index contributed by atoms with van der Waals surface area (Å²) in [5, 5.41) is 6.71. The Morgan fingerprint density at radius 1 is 0.962 bits per heavy atom. The molecule has 26 heavy (non-hydrogen) atoms. The lowest BCUT2D eigenvalue weighted by Crippen LogP contribution is -2.37. The molecule has 2 N–H and O–H groups in total. The second-order valence-corrected chi connectivity index (χ2v) is 6.61. The van der Waals surface area contributed by atoms with E-state index in [0.29, 0.717) is 6.54 Å². The van der Waals surface area contributed by atoms with Gasteiger partial charge in [0.1, 0.15) is 0 Å². The summed E-state index contributed by atoms with van der Waals surface area (Å²) in [6.07, 6.45) is 6.32. The summed E-state index contributed by atoms with van der Waals surface area (Å²) in [6, 6.07) is 5.92. The smallest absolute Gasteiger partial charge is 0.191 e. The van der Waals surface area contributed by atoms with Gasteiger partial charge in [0.2, 0.25) is 0 Å². The SMILES string of the molecule is CN=C(NCCCCCCCN(C)C)NCc1ccc(OC)c(OC)c1. The van der Waals surface area contributed by atoms with Gasteiger partial charge in [0.25, 0.3) is 0 Å². The van der Waals surface area contributed by atoms with Crippen LogP contribution in [0.3, 0.4) is 0 Å². The molecule has 1 rings (SSSR count). The first-order valence-corrected chi connectivity index (χ1v) is 9.40. The first kappa shape index (κ1) is 22.1. The summed E-state index contributed by atoms with van der Waals surface area (Å²) in [4.78, 5) is 6.52. The van der Waals surface area contributed by atoms with Crippen molar-refractivity contribution in [2.45, 2.75) is 38.6 Å². The van der Waals surface area contributed by atoms with E-state index in [-0.39, 0.29) is 0 Å². The number of rotatable bonds is 12. The van der Waals surface area contributed by atoms with Gasteiger partial charge in [-0.15, -0.1) is 0 Å². The zero-order valence-corrected chi connectivity index (χ0v) is 17.1. The van der Waals surface area contributed by atoms with Crippen LogP contribution in [0.1, 0.15) is 37.7 Å². The highest BCUT2D eigenvalue weighted by atomic mass is 16.5. The van der Waals surface area contributed by atoms with Crippen molar-refractivity contribution >= 4 is 5.96 Å². The second kappa shape index (κ2) is 13.3. The van der Waals surface area contributed by atoms with Gasteiger partial charge in [-0.05, 0) is 51.2 Å². The van der Waals surface area contributed by atoms with Crippen LogP contribution in [0.2, 0.25) is 0 Å². The van der Waals surface area contributed by atoms with Crippen LogP contribution in [0.4, 0.5) is 0 Å². The van der Waals surface area contributed by atoms with Gasteiger partial charge in [-0.25, -0.2) is 0 Å². The summed E-state index contributed by atoms with van der Waals surface area (Å²) in [5.41, 5.74) is 1.12. The molecule has 0 amide bonds. The van der Waals surface area contributed by atoms with Crippen molar-refractivity contribution in [2.75, 3.05) is 48.5 Å². The Kier molecular flexibility index (Phi) is 11.3. The van der Waals surface area contributed by atoms with E-state index in [1.165, 1.54) is 38.6 Å². The van der Waals surface area contributed by atoms with Gasteiger partial charge in [0.05, 0.1) is 14.2 Å². The maximum atomic E-state index is 5.34. The molecule has 0 aliphatic rings. The minimum absolute atomic E-state index is 0.685. The molecule has 0 aliphatic carbocycles. The summed E-state index contributed by atoms with van der Waals surface area (Å²) in [5.74, 6) is 2.31. The van der Waals surface area contributed by atoms with Gasteiger partial charge in [-0.2, -0.15) is 0 Å². The Hall–Kier alpha value is -1.95. The largest absolute Gasteiger partial charge is 0.493 e. The monoisotopic (exact) mass is 364 g/mol. The van der Waals surface area contributed by atoms with E-state index >= 15 is 0 Å². The molecule has 148 valence electrons. The van der Waals surface area contributed by atoms with Crippen LogP contribution in [0.25, 0.3) is 0 Å². The molecule has 0 aromatic heterocycles. The molecule has 6 nitrogen and oxygen atoms in total. The Bertz CT molecular complexity index is 533. The Morgan fingerprint density at radius 2 is 1.65 bits per heavy atom. The quantitative estimate of drug-likeness (QED) is 0.339. The van der Waals surface area contributed by atoms with E-state index in [1.54, 1.807) is 21.3 Å². The van der Waals surface area contributed by atoms with Crippen molar-refractivity contribution in [1.82, 2.24) is 15.5 Å². The lowest BCUT2D eigenvalue weighted by Gasteiger charge is -2.13. The van der Waals surface area contributed by atoms with E-state index in [9.17, 15) is 0 Å². The number of nitrogens with zero attached hydrogens (tertiary/aromatic N) is 2. The van der Waals surface area contributed by atoms with Crippen LogP contribution in [0.5, 0.6) is 11.5 Å². The van der Waals surface area contributed by atoms with E-state index < -0.39 is 0 Å². The second-order valence-electron chi connectivity index (χ2n) is 6.61. The van der Waals surface area contributed by atoms with E-state index in [2.05, 4.69) is 34.6 Å². The molecule has 1 aromatic rings. The molecule has 0 atom stereocenters.